The van der Waals surface area contributed by atoms with Crippen LogP contribution in [-0.4, -0.2) is 126 Å². The molecule has 25 heteroatoms. The third-order valence-electron chi connectivity index (χ3n) is 10.5. The second-order valence-electron chi connectivity index (χ2n) is 19.0. The van der Waals surface area contributed by atoms with Gasteiger partial charge in [-0.05, 0) is 165 Å². The largest absolute Gasteiger partial charge is 0.265 e. The van der Waals surface area contributed by atoms with Gasteiger partial charge in [-0.25, -0.2) is 59.8 Å². The van der Waals surface area contributed by atoms with E-state index in [0.717, 1.165) is 51.2 Å². The summed E-state index contributed by atoms with van der Waals surface area (Å²) in [4.78, 5) is 56.9. The van der Waals surface area contributed by atoms with Gasteiger partial charge in [-0.2, -0.15) is 35.7 Å². The van der Waals surface area contributed by atoms with Gasteiger partial charge in [0, 0.05) is 86.3 Å². The Kier molecular flexibility index (Phi) is 144. The number of aromatic nitrogens is 25. The maximum Gasteiger partial charge on any atom is 0.147 e. The van der Waals surface area contributed by atoms with E-state index in [1.807, 2.05) is 304 Å². The normalized spacial score (nSPS) is 7.57. The maximum atomic E-state index is 3.92. The Morgan fingerprint density at radius 2 is 0.631 bits per heavy atom. The second-order valence-corrected chi connectivity index (χ2v) is 19.0. The molecule has 0 radical (unpaired) electrons. The third kappa shape index (κ3) is 112. The van der Waals surface area contributed by atoms with E-state index in [2.05, 4.69) is 194 Å². The molecule has 122 heavy (non-hydrogen) atoms. The molecule has 0 aliphatic heterocycles. The van der Waals surface area contributed by atoms with E-state index in [9.17, 15) is 0 Å². The Labute approximate surface area is 742 Å². The average molecular weight is 1680 g/mol. The van der Waals surface area contributed by atoms with Gasteiger partial charge in [0.2, 0.25) is 0 Å². The number of aryl methyl sites for hydroxylation is 13. The van der Waals surface area contributed by atoms with E-state index in [4.69, 9.17) is 0 Å². The Morgan fingerprint density at radius 3 is 0.902 bits per heavy atom. The molecular formula is C97H163N25. The molecule has 14 aromatic rings. The van der Waals surface area contributed by atoms with Crippen molar-refractivity contribution in [2.75, 3.05) is 0 Å². The van der Waals surface area contributed by atoms with Crippen LogP contribution in [0, 0.1) is 90.0 Å². The van der Waals surface area contributed by atoms with Gasteiger partial charge in [-0.15, -0.1) is 15.3 Å². The fourth-order valence-corrected chi connectivity index (χ4v) is 5.78. The van der Waals surface area contributed by atoms with Crippen molar-refractivity contribution >= 4 is 10.8 Å². The first-order valence-corrected chi connectivity index (χ1v) is 42.2. The molecule has 0 aliphatic carbocycles. The van der Waals surface area contributed by atoms with E-state index in [1.165, 1.54) is 65.4 Å². The summed E-state index contributed by atoms with van der Waals surface area (Å²) in [7, 11) is 0. The molecule has 0 fully saturated rings. The molecule has 11 heterocycles. The molecular weight excluding hydrogens is 1520 g/mol. The number of hydrogen-bond donors (Lipinski definition) is 0. The van der Waals surface area contributed by atoms with Crippen LogP contribution in [0.1, 0.15) is 261 Å². The van der Waals surface area contributed by atoms with Crippen molar-refractivity contribution in [2.24, 2.45) is 0 Å². The van der Waals surface area contributed by atoms with Gasteiger partial charge < -0.3 is 0 Å². The highest BCUT2D eigenvalue weighted by Crippen LogP contribution is 2.16. The van der Waals surface area contributed by atoms with Crippen LogP contribution in [0.4, 0.5) is 0 Å². The first kappa shape index (κ1) is 139. The van der Waals surface area contributed by atoms with Crippen LogP contribution < -0.4 is 0 Å². The summed E-state index contributed by atoms with van der Waals surface area (Å²) in [5.41, 5.74) is 10.9. The summed E-state index contributed by atoms with van der Waals surface area (Å²) in [6.45, 7) is 77.2. The molecule has 11 aromatic heterocycles. The second kappa shape index (κ2) is 127. The standard InChI is InChI=1S/C11H10.C7H8.C6H7N.6C5H6N2.4C4H5N3.13C2H6.CH4/c1-9-5-4-7-10-6-2-3-8-11(9)10;1-7-5-3-2-4-6-7;1-6-2-4-7-5-3-6;1-5-2-6-4-7-3-5;1-5-4-6-2-3-7-5;1-5-2-3-6-4-7-5;1-5-2-3-6-7-4-5;1-5-6-3-2-4-7-5;1-5-3-2-4-6-7-5;1-4-6-2-5-3-7-4;1-4-2-6-7-3-5-4;1-4-2-5-3-6-7-4;1-4-5-2-3-6-7-4;13*1-2;/h2-8H,1H3;2-6H,1H3;2-5H,1H3;6*2-4H,1H3;4*2-3H,1H3;13*1-2H3;1H4. The molecule has 0 saturated carbocycles. The zero-order valence-electron chi connectivity index (χ0n) is 81.9. The minimum atomic E-state index is 0. The molecule has 14 rings (SSSR count). The van der Waals surface area contributed by atoms with Crippen LogP contribution in [0.15, 0.2) is 259 Å². The summed E-state index contributed by atoms with van der Waals surface area (Å²) in [5.74, 6) is 2.29. The fraction of sp³-hybridized carbons (Fsp3) is 0.412. The topological polar surface area (TPSA) is 322 Å². The summed E-state index contributed by atoms with van der Waals surface area (Å²) in [5, 5.41) is 38.7. The minimum Gasteiger partial charge on any atom is -0.265 e. The van der Waals surface area contributed by atoms with Gasteiger partial charge in [0.25, 0.3) is 0 Å². The quantitative estimate of drug-likeness (QED) is 0.136. The maximum absolute atomic E-state index is 3.92. The molecule has 0 N–H and O–H groups in total. The summed E-state index contributed by atoms with van der Waals surface area (Å²) in [6, 6.07) is 38.4. The van der Waals surface area contributed by atoms with Crippen molar-refractivity contribution < 1.29 is 0 Å². The summed E-state index contributed by atoms with van der Waals surface area (Å²) >= 11 is 0. The first-order valence-electron chi connectivity index (χ1n) is 42.2. The van der Waals surface area contributed by atoms with Gasteiger partial charge in [0.05, 0.1) is 47.6 Å². The highest BCUT2D eigenvalue weighted by atomic mass is 15.1. The molecule has 0 aliphatic rings. The van der Waals surface area contributed by atoms with E-state index >= 15 is 0 Å². The first-order chi connectivity index (χ1) is 59.1. The fourth-order valence-electron chi connectivity index (χ4n) is 5.78. The van der Waals surface area contributed by atoms with Crippen LogP contribution in [0.2, 0.25) is 0 Å². The Hall–Kier alpha value is -12.4. The zero-order chi connectivity index (χ0) is 95.0. The number of rotatable bonds is 0. The number of benzene rings is 3. The van der Waals surface area contributed by atoms with Crippen molar-refractivity contribution in [3.05, 3.63) is 332 Å². The van der Waals surface area contributed by atoms with Crippen molar-refractivity contribution in [1.82, 2.24) is 126 Å². The van der Waals surface area contributed by atoms with E-state index in [0.29, 0.717) is 5.82 Å². The summed E-state index contributed by atoms with van der Waals surface area (Å²) in [6.07, 6.45) is 37.7. The lowest BCUT2D eigenvalue weighted by Crippen LogP contribution is -1.85. The Morgan fingerprint density at radius 1 is 0.180 bits per heavy atom. The molecule has 3 aromatic carbocycles. The van der Waals surface area contributed by atoms with E-state index in [-0.39, 0.29) is 7.43 Å². The minimum absolute atomic E-state index is 0. The molecule has 0 spiro atoms. The van der Waals surface area contributed by atoms with Gasteiger partial charge in [0.1, 0.15) is 55.4 Å². The number of hydrogen-bond acceptors (Lipinski definition) is 25. The van der Waals surface area contributed by atoms with Crippen LogP contribution >= 0.6 is 0 Å². The average Bonchev–Trinajstić information content (AvgIpc) is 0.843. The molecule has 0 unspecified atom stereocenters. The zero-order valence-corrected chi connectivity index (χ0v) is 81.9. The lowest BCUT2D eigenvalue weighted by Gasteiger charge is -1.98. The Bertz CT molecular complexity index is 3140. The number of pyridine rings is 1. The van der Waals surface area contributed by atoms with Crippen LogP contribution in [0.5, 0.6) is 0 Å². The monoisotopic (exact) mass is 1680 g/mol. The molecule has 676 valence electrons. The molecule has 0 bridgehead atoms. The van der Waals surface area contributed by atoms with Gasteiger partial charge in [-0.1, -0.05) is 266 Å². The highest BCUT2D eigenvalue weighted by molar-refractivity contribution is 5.85. The SMILES string of the molecule is C.CC.CC.CC.CC.CC.CC.CC.CC.CC.CC.CC.CC.CC.Cc1cccc2ccccc12.Cc1ccccc1.Cc1cccnn1.Cc1ccncc1.Cc1ccncn1.Cc1ccnnc1.Cc1cnccn1.Cc1cncnc1.Cc1cncnn1.Cc1cnncn1.Cc1ncccn1.Cc1nccnn1.Cc1ncncn1. The van der Waals surface area contributed by atoms with Crippen molar-refractivity contribution in [2.45, 2.75) is 277 Å². The van der Waals surface area contributed by atoms with E-state index < -0.39 is 0 Å². The van der Waals surface area contributed by atoms with Gasteiger partial charge in [0.15, 0.2) is 0 Å². The number of fused-ring (bicyclic) bond motifs is 1. The van der Waals surface area contributed by atoms with Gasteiger partial charge in [-0.3, -0.25) is 15.0 Å². The lowest BCUT2D eigenvalue weighted by atomic mass is 10.1. The number of nitrogens with zero attached hydrogens (tertiary/aromatic N) is 25. The summed E-state index contributed by atoms with van der Waals surface area (Å²) < 4.78 is 0. The van der Waals surface area contributed by atoms with Crippen molar-refractivity contribution in [1.29, 1.82) is 0 Å². The predicted molar refractivity (Wildman–Crippen MR) is 522 cm³/mol. The molecule has 0 amide bonds. The van der Waals surface area contributed by atoms with Crippen LogP contribution in [-0.2, 0) is 0 Å². The molecule has 0 atom stereocenters. The van der Waals surface area contributed by atoms with Crippen molar-refractivity contribution in [3.63, 3.8) is 0 Å². The smallest absolute Gasteiger partial charge is 0.147 e. The van der Waals surface area contributed by atoms with Crippen LogP contribution in [0.3, 0.4) is 0 Å². The molecule has 0 saturated heterocycles. The molecule has 25 nitrogen and oxygen atoms in total. The van der Waals surface area contributed by atoms with Crippen molar-refractivity contribution in [3.8, 4) is 0 Å². The van der Waals surface area contributed by atoms with Gasteiger partial charge >= 0.3 is 0 Å². The highest BCUT2D eigenvalue weighted by Gasteiger charge is 1.92. The van der Waals surface area contributed by atoms with E-state index in [1.54, 1.807) is 118 Å². The van der Waals surface area contributed by atoms with Crippen LogP contribution in [0.25, 0.3) is 10.8 Å². The lowest BCUT2D eigenvalue weighted by molar-refractivity contribution is 0.907. The third-order valence-corrected chi connectivity index (χ3v) is 10.5. The Balaban J connectivity index is -0.0000000938. The predicted octanol–water partition coefficient (Wildman–Crippen LogP) is 25.9.